The predicted octanol–water partition coefficient (Wildman–Crippen LogP) is 1.88. The van der Waals surface area contributed by atoms with Gasteiger partial charge >= 0.3 is 5.97 Å². The summed E-state index contributed by atoms with van der Waals surface area (Å²) in [5, 5.41) is 22.0. The molecule has 2 rings (SSSR count). The summed E-state index contributed by atoms with van der Waals surface area (Å²) in [5.41, 5.74) is 0.448. The Labute approximate surface area is 118 Å². The van der Waals surface area contributed by atoms with Crippen LogP contribution >= 0.6 is 0 Å². The van der Waals surface area contributed by atoms with E-state index in [2.05, 4.69) is 5.32 Å². The van der Waals surface area contributed by atoms with Gasteiger partial charge in [-0.25, -0.2) is 4.79 Å². The third kappa shape index (κ3) is 3.06. The van der Waals surface area contributed by atoms with E-state index in [0.717, 1.165) is 0 Å². The van der Waals surface area contributed by atoms with Gasteiger partial charge in [0.1, 0.15) is 5.69 Å². The van der Waals surface area contributed by atoms with Crippen LogP contribution in [0.1, 0.15) is 20.8 Å². The third-order valence-corrected chi connectivity index (χ3v) is 2.82. The van der Waals surface area contributed by atoms with Crippen molar-refractivity contribution in [3.63, 3.8) is 0 Å². The molecule has 108 valence electrons. The van der Waals surface area contributed by atoms with Crippen molar-refractivity contribution >= 4 is 23.3 Å². The van der Waals surface area contributed by atoms with Crippen molar-refractivity contribution in [2.24, 2.45) is 7.05 Å². The first-order valence-corrected chi connectivity index (χ1v) is 5.84. The molecule has 0 unspecified atom stereocenters. The van der Waals surface area contributed by atoms with E-state index in [-0.39, 0.29) is 16.9 Å². The first kappa shape index (κ1) is 14.3. The minimum Gasteiger partial charge on any atom is -0.478 e. The Morgan fingerprint density at radius 1 is 1.29 bits per heavy atom. The van der Waals surface area contributed by atoms with Crippen molar-refractivity contribution in [2.75, 3.05) is 5.32 Å². The van der Waals surface area contributed by atoms with Crippen molar-refractivity contribution in [1.82, 2.24) is 4.57 Å². The van der Waals surface area contributed by atoms with Crippen LogP contribution in [-0.2, 0) is 7.05 Å². The van der Waals surface area contributed by atoms with E-state index in [1.807, 2.05) is 0 Å². The summed E-state index contributed by atoms with van der Waals surface area (Å²) in [5.74, 6) is -1.58. The fourth-order valence-corrected chi connectivity index (χ4v) is 1.76. The zero-order valence-electron chi connectivity index (χ0n) is 10.9. The molecular weight excluding hydrogens is 278 g/mol. The van der Waals surface area contributed by atoms with Gasteiger partial charge in [-0.2, -0.15) is 0 Å². The number of rotatable bonds is 4. The van der Waals surface area contributed by atoms with Crippen LogP contribution in [0.3, 0.4) is 0 Å². The largest absolute Gasteiger partial charge is 0.478 e. The summed E-state index contributed by atoms with van der Waals surface area (Å²) in [6.07, 6.45) is 1.24. The maximum Gasteiger partial charge on any atom is 0.335 e. The van der Waals surface area contributed by atoms with E-state index in [1.54, 1.807) is 0 Å². The van der Waals surface area contributed by atoms with E-state index in [1.165, 1.54) is 48.1 Å². The quantitative estimate of drug-likeness (QED) is 0.658. The monoisotopic (exact) mass is 289 g/mol. The van der Waals surface area contributed by atoms with Gasteiger partial charge in [0.15, 0.2) is 0 Å². The summed E-state index contributed by atoms with van der Waals surface area (Å²) >= 11 is 0. The number of nitrogens with zero attached hydrogens (tertiary/aromatic N) is 2. The number of aromatic carboxylic acids is 1. The number of carbonyl (C=O) groups excluding carboxylic acids is 1. The topological polar surface area (TPSA) is 114 Å². The number of anilines is 1. The first-order chi connectivity index (χ1) is 9.88. The van der Waals surface area contributed by atoms with Gasteiger partial charge in [0.25, 0.3) is 11.6 Å². The highest BCUT2D eigenvalue weighted by Crippen LogP contribution is 2.17. The molecule has 0 aliphatic rings. The van der Waals surface area contributed by atoms with Crippen LogP contribution in [-0.4, -0.2) is 26.5 Å². The summed E-state index contributed by atoms with van der Waals surface area (Å²) in [4.78, 5) is 32.8. The van der Waals surface area contributed by atoms with Crippen molar-refractivity contribution < 1.29 is 19.6 Å². The van der Waals surface area contributed by atoms with Gasteiger partial charge in [0, 0.05) is 18.8 Å². The lowest BCUT2D eigenvalue weighted by molar-refractivity contribution is -0.384. The molecule has 0 bridgehead atoms. The smallest absolute Gasteiger partial charge is 0.335 e. The molecule has 21 heavy (non-hydrogen) atoms. The molecule has 0 aliphatic carbocycles. The van der Waals surface area contributed by atoms with Crippen LogP contribution in [0.5, 0.6) is 0 Å². The highest BCUT2D eigenvalue weighted by molar-refractivity contribution is 6.03. The van der Waals surface area contributed by atoms with Gasteiger partial charge in [-0.15, -0.1) is 0 Å². The van der Waals surface area contributed by atoms with Crippen LogP contribution in [0, 0.1) is 10.1 Å². The van der Waals surface area contributed by atoms with Crippen molar-refractivity contribution in [1.29, 1.82) is 0 Å². The number of carboxylic acid groups (broad SMARTS) is 1. The Kier molecular flexibility index (Phi) is 3.70. The van der Waals surface area contributed by atoms with Gasteiger partial charge in [0.2, 0.25) is 0 Å². The first-order valence-electron chi connectivity index (χ1n) is 5.84. The number of aryl methyl sites for hydroxylation is 1. The molecule has 1 heterocycles. The normalized spacial score (nSPS) is 10.1. The maximum atomic E-state index is 12.0. The molecule has 2 N–H and O–H groups in total. The maximum absolute atomic E-state index is 12.0. The number of nitro groups is 1. The number of hydrogen-bond donors (Lipinski definition) is 2. The minimum atomic E-state index is -1.06. The zero-order valence-corrected chi connectivity index (χ0v) is 10.9. The van der Waals surface area contributed by atoms with Crippen LogP contribution in [0.15, 0.2) is 36.5 Å². The lowest BCUT2D eigenvalue weighted by Gasteiger charge is -2.05. The van der Waals surface area contributed by atoms with Crippen molar-refractivity contribution in [3.05, 3.63) is 57.9 Å². The van der Waals surface area contributed by atoms with E-state index >= 15 is 0 Å². The van der Waals surface area contributed by atoms with Gasteiger partial charge in [0.05, 0.1) is 16.7 Å². The Morgan fingerprint density at radius 2 is 1.90 bits per heavy atom. The molecule has 8 nitrogen and oxygen atoms in total. The molecule has 0 saturated heterocycles. The molecule has 8 heteroatoms. The number of benzene rings is 1. The van der Waals surface area contributed by atoms with E-state index < -0.39 is 16.8 Å². The molecule has 0 spiro atoms. The molecule has 1 aromatic carbocycles. The molecular formula is C13H11N3O5. The second-order valence-corrected chi connectivity index (χ2v) is 4.29. The Morgan fingerprint density at radius 3 is 2.38 bits per heavy atom. The standard InChI is InChI=1S/C13H11N3O5/c1-15-7-10(16(20)21)6-11(15)12(17)14-9-4-2-8(3-5-9)13(18)19/h2-7H,1H3,(H,14,17)(H,18,19). The van der Waals surface area contributed by atoms with E-state index in [0.29, 0.717) is 5.69 Å². The van der Waals surface area contributed by atoms with Gasteiger partial charge in [-0.3, -0.25) is 14.9 Å². The highest BCUT2D eigenvalue weighted by Gasteiger charge is 2.17. The van der Waals surface area contributed by atoms with E-state index in [4.69, 9.17) is 5.11 Å². The molecule has 0 fully saturated rings. The molecule has 0 radical (unpaired) electrons. The fourth-order valence-electron chi connectivity index (χ4n) is 1.76. The highest BCUT2D eigenvalue weighted by atomic mass is 16.6. The Hall–Kier alpha value is -3.16. The molecule has 2 aromatic rings. The van der Waals surface area contributed by atoms with Gasteiger partial charge in [-0.1, -0.05) is 0 Å². The summed E-state index contributed by atoms with van der Waals surface area (Å²) in [7, 11) is 1.52. The Balaban J connectivity index is 2.17. The van der Waals surface area contributed by atoms with Crippen molar-refractivity contribution in [3.8, 4) is 0 Å². The lowest BCUT2D eigenvalue weighted by atomic mass is 10.2. The zero-order chi connectivity index (χ0) is 15.6. The van der Waals surface area contributed by atoms with Gasteiger partial charge in [-0.05, 0) is 24.3 Å². The Bertz CT molecular complexity index is 718. The van der Waals surface area contributed by atoms with Crippen LogP contribution < -0.4 is 5.32 Å². The molecule has 1 amide bonds. The summed E-state index contributed by atoms with van der Waals surface area (Å²) < 4.78 is 1.35. The molecule has 1 aromatic heterocycles. The average molecular weight is 289 g/mol. The number of nitrogens with one attached hydrogen (secondary N) is 1. The van der Waals surface area contributed by atoms with Gasteiger partial charge < -0.3 is 15.0 Å². The van der Waals surface area contributed by atoms with Crippen molar-refractivity contribution in [2.45, 2.75) is 0 Å². The lowest BCUT2D eigenvalue weighted by Crippen LogP contribution is -2.15. The van der Waals surface area contributed by atoms with Crippen LogP contribution in [0.2, 0.25) is 0 Å². The van der Waals surface area contributed by atoms with E-state index in [9.17, 15) is 19.7 Å². The fraction of sp³-hybridized carbons (Fsp3) is 0.0769. The SMILES string of the molecule is Cn1cc([N+](=O)[O-])cc1C(=O)Nc1ccc(C(=O)O)cc1. The van der Waals surface area contributed by atoms with Crippen LogP contribution in [0.25, 0.3) is 0 Å². The second kappa shape index (κ2) is 5.45. The average Bonchev–Trinajstić information content (AvgIpc) is 2.81. The summed E-state index contributed by atoms with van der Waals surface area (Å²) in [6.45, 7) is 0. The number of amides is 1. The number of aromatic nitrogens is 1. The minimum absolute atomic E-state index is 0.0995. The number of hydrogen-bond acceptors (Lipinski definition) is 4. The number of carboxylic acids is 1. The predicted molar refractivity (Wildman–Crippen MR) is 73.4 cm³/mol. The second-order valence-electron chi connectivity index (χ2n) is 4.29. The molecule has 0 saturated carbocycles. The van der Waals surface area contributed by atoms with Crippen LogP contribution in [0.4, 0.5) is 11.4 Å². The molecule has 0 aliphatic heterocycles. The third-order valence-electron chi connectivity index (χ3n) is 2.82. The molecule has 0 atom stereocenters. The summed E-state index contributed by atoms with van der Waals surface area (Å²) in [6, 6.07) is 6.76. The number of carbonyl (C=O) groups is 2.